The van der Waals surface area contributed by atoms with Crippen molar-refractivity contribution in [2.75, 3.05) is 18.4 Å². The Morgan fingerprint density at radius 3 is 2.00 bits per heavy atom. The van der Waals surface area contributed by atoms with E-state index in [9.17, 15) is 13.2 Å². The van der Waals surface area contributed by atoms with Crippen LogP contribution in [-0.2, 0) is 10.0 Å². The predicted molar refractivity (Wildman–Crippen MR) is 119 cm³/mol. The molecule has 5 nitrogen and oxygen atoms in total. The van der Waals surface area contributed by atoms with Crippen molar-refractivity contribution in [1.82, 2.24) is 4.31 Å². The molecule has 0 aromatic heterocycles. The Bertz CT molecular complexity index is 939. The molecule has 0 saturated heterocycles. The van der Waals surface area contributed by atoms with Crippen molar-refractivity contribution in [2.45, 2.75) is 46.4 Å². The van der Waals surface area contributed by atoms with E-state index in [0.717, 1.165) is 16.8 Å². The predicted octanol–water partition coefficient (Wildman–Crippen LogP) is 4.86. The Morgan fingerprint density at radius 1 is 0.931 bits per heavy atom. The van der Waals surface area contributed by atoms with Crippen LogP contribution in [-0.4, -0.2) is 31.7 Å². The number of hydrogen-bond donors (Lipinski definition) is 1. The quantitative estimate of drug-likeness (QED) is 0.668. The van der Waals surface area contributed by atoms with Crippen LogP contribution >= 0.6 is 0 Å². The summed E-state index contributed by atoms with van der Waals surface area (Å²) < 4.78 is 27.7. The van der Waals surface area contributed by atoms with E-state index in [4.69, 9.17) is 0 Å². The lowest BCUT2D eigenvalue weighted by Gasteiger charge is -2.25. The zero-order valence-corrected chi connectivity index (χ0v) is 19.0. The highest BCUT2D eigenvalue weighted by atomic mass is 32.2. The van der Waals surface area contributed by atoms with Crippen molar-refractivity contribution in [3.05, 3.63) is 59.2 Å². The van der Waals surface area contributed by atoms with E-state index >= 15 is 0 Å². The summed E-state index contributed by atoms with van der Waals surface area (Å²) in [7, 11) is -3.60. The number of aryl methyl sites for hydroxylation is 1. The standard InChI is InChI=1S/C23H32N2O3S/c1-16(2)14-25(15-17(3)4)29(27,28)21-12-10-20(11-13-21)23(26)24-22-9-7-8-18(5)19(22)6/h7-13,16-17H,14-15H2,1-6H3,(H,24,26). The van der Waals surface area contributed by atoms with Crippen molar-refractivity contribution in [2.24, 2.45) is 11.8 Å². The average molecular weight is 417 g/mol. The Labute approximate surface area is 175 Å². The van der Waals surface area contributed by atoms with E-state index in [1.165, 1.54) is 16.4 Å². The van der Waals surface area contributed by atoms with Gasteiger partial charge in [-0.2, -0.15) is 4.31 Å². The Hall–Kier alpha value is -2.18. The van der Waals surface area contributed by atoms with E-state index in [-0.39, 0.29) is 22.6 Å². The number of nitrogens with one attached hydrogen (secondary N) is 1. The van der Waals surface area contributed by atoms with E-state index in [0.29, 0.717) is 18.7 Å². The first kappa shape index (κ1) is 23.1. The molecular weight excluding hydrogens is 384 g/mol. The molecular formula is C23H32N2O3S. The van der Waals surface area contributed by atoms with Crippen LogP contribution in [0.5, 0.6) is 0 Å². The van der Waals surface area contributed by atoms with Gasteiger partial charge in [0, 0.05) is 24.3 Å². The molecule has 0 bridgehead atoms. The fraction of sp³-hybridized carbons (Fsp3) is 0.435. The highest BCUT2D eigenvalue weighted by molar-refractivity contribution is 7.89. The number of carbonyl (C=O) groups excluding carboxylic acids is 1. The number of nitrogens with zero attached hydrogens (tertiary/aromatic N) is 1. The van der Waals surface area contributed by atoms with Crippen LogP contribution in [0, 0.1) is 25.7 Å². The maximum absolute atomic E-state index is 13.1. The van der Waals surface area contributed by atoms with Gasteiger partial charge in [0.1, 0.15) is 0 Å². The molecule has 158 valence electrons. The molecule has 0 saturated carbocycles. The number of carbonyl (C=O) groups is 1. The Morgan fingerprint density at radius 2 is 1.48 bits per heavy atom. The molecule has 0 radical (unpaired) electrons. The zero-order chi connectivity index (χ0) is 21.8. The van der Waals surface area contributed by atoms with E-state index in [1.54, 1.807) is 12.1 Å². The van der Waals surface area contributed by atoms with Gasteiger partial charge in [0.15, 0.2) is 0 Å². The number of anilines is 1. The molecule has 29 heavy (non-hydrogen) atoms. The SMILES string of the molecule is Cc1cccc(NC(=O)c2ccc(S(=O)(=O)N(CC(C)C)CC(C)C)cc2)c1C. The van der Waals surface area contributed by atoms with Crippen molar-refractivity contribution in [3.63, 3.8) is 0 Å². The fourth-order valence-corrected chi connectivity index (χ4v) is 4.86. The van der Waals surface area contributed by atoms with Crippen LogP contribution in [0.25, 0.3) is 0 Å². The number of benzene rings is 2. The van der Waals surface area contributed by atoms with Gasteiger partial charge in [0.05, 0.1) is 4.90 Å². The molecule has 0 atom stereocenters. The third kappa shape index (κ3) is 5.90. The Balaban J connectivity index is 2.23. The topological polar surface area (TPSA) is 66.5 Å². The molecule has 0 spiro atoms. The van der Waals surface area contributed by atoms with Gasteiger partial charge >= 0.3 is 0 Å². The first-order valence-electron chi connectivity index (χ1n) is 10.00. The lowest BCUT2D eigenvalue weighted by atomic mass is 10.1. The van der Waals surface area contributed by atoms with Gasteiger partial charge in [0.2, 0.25) is 10.0 Å². The minimum absolute atomic E-state index is 0.210. The third-order valence-electron chi connectivity index (χ3n) is 4.74. The van der Waals surface area contributed by atoms with Crippen molar-refractivity contribution in [3.8, 4) is 0 Å². The van der Waals surface area contributed by atoms with E-state index in [1.807, 2.05) is 59.7 Å². The maximum Gasteiger partial charge on any atom is 0.255 e. The summed E-state index contributed by atoms with van der Waals surface area (Å²) in [5, 5.41) is 2.90. The lowest BCUT2D eigenvalue weighted by molar-refractivity contribution is 0.102. The van der Waals surface area contributed by atoms with Gasteiger partial charge in [-0.3, -0.25) is 4.79 Å². The molecule has 0 aliphatic carbocycles. The number of rotatable bonds is 8. The minimum Gasteiger partial charge on any atom is -0.322 e. The second kappa shape index (κ2) is 9.55. The Kier molecular flexibility index (Phi) is 7.60. The normalized spacial score (nSPS) is 12.0. The van der Waals surface area contributed by atoms with Crippen LogP contribution in [0.2, 0.25) is 0 Å². The van der Waals surface area contributed by atoms with Crippen LogP contribution < -0.4 is 5.32 Å². The molecule has 2 rings (SSSR count). The van der Waals surface area contributed by atoms with Gasteiger partial charge in [-0.05, 0) is 67.1 Å². The van der Waals surface area contributed by atoms with Gasteiger partial charge in [-0.15, -0.1) is 0 Å². The van der Waals surface area contributed by atoms with Gasteiger partial charge in [-0.1, -0.05) is 39.8 Å². The van der Waals surface area contributed by atoms with Crippen LogP contribution in [0.4, 0.5) is 5.69 Å². The number of hydrogen-bond acceptors (Lipinski definition) is 3. The average Bonchev–Trinajstić information content (AvgIpc) is 2.64. The number of sulfonamides is 1. The highest BCUT2D eigenvalue weighted by Gasteiger charge is 2.26. The highest BCUT2D eigenvalue weighted by Crippen LogP contribution is 2.21. The molecule has 0 aliphatic heterocycles. The summed E-state index contributed by atoms with van der Waals surface area (Å²) in [5.41, 5.74) is 3.29. The second-order valence-corrected chi connectivity index (χ2v) is 10.3. The second-order valence-electron chi connectivity index (χ2n) is 8.34. The van der Waals surface area contributed by atoms with Crippen molar-refractivity contribution >= 4 is 21.6 Å². The molecule has 0 unspecified atom stereocenters. The lowest BCUT2D eigenvalue weighted by Crippen LogP contribution is -2.37. The fourth-order valence-electron chi connectivity index (χ4n) is 3.09. The smallest absolute Gasteiger partial charge is 0.255 e. The zero-order valence-electron chi connectivity index (χ0n) is 18.2. The first-order chi connectivity index (χ1) is 13.5. The van der Waals surface area contributed by atoms with Crippen LogP contribution in [0.1, 0.15) is 49.2 Å². The van der Waals surface area contributed by atoms with E-state index < -0.39 is 10.0 Å². The molecule has 1 N–H and O–H groups in total. The van der Waals surface area contributed by atoms with Crippen LogP contribution in [0.15, 0.2) is 47.4 Å². The molecule has 1 amide bonds. The largest absolute Gasteiger partial charge is 0.322 e. The van der Waals surface area contributed by atoms with Crippen molar-refractivity contribution in [1.29, 1.82) is 0 Å². The monoisotopic (exact) mass is 416 g/mol. The molecule has 2 aromatic rings. The van der Waals surface area contributed by atoms with Crippen molar-refractivity contribution < 1.29 is 13.2 Å². The first-order valence-corrected chi connectivity index (χ1v) is 11.4. The summed E-state index contributed by atoms with van der Waals surface area (Å²) in [6.07, 6.45) is 0. The number of amides is 1. The minimum atomic E-state index is -3.60. The van der Waals surface area contributed by atoms with E-state index in [2.05, 4.69) is 5.32 Å². The summed E-state index contributed by atoms with van der Waals surface area (Å²) >= 11 is 0. The van der Waals surface area contributed by atoms with Gasteiger partial charge in [0.25, 0.3) is 5.91 Å². The molecule has 0 heterocycles. The molecule has 0 aliphatic rings. The summed E-state index contributed by atoms with van der Waals surface area (Å²) in [4.78, 5) is 12.8. The summed E-state index contributed by atoms with van der Waals surface area (Å²) in [6, 6.07) is 11.9. The molecule has 2 aromatic carbocycles. The summed E-state index contributed by atoms with van der Waals surface area (Å²) in [6.45, 7) is 12.9. The maximum atomic E-state index is 13.1. The summed E-state index contributed by atoms with van der Waals surface area (Å²) in [5.74, 6) is 0.196. The van der Waals surface area contributed by atoms with Gasteiger partial charge in [-0.25, -0.2) is 8.42 Å². The third-order valence-corrected chi connectivity index (χ3v) is 6.59. The van der Waals surface area contributed by atoms with Crippen LogP contribution in [0.3, 0.4) is 0 Å². The van der Waals surface area contributed by atoms with Gasteiger partial charge < -0.3 is 5.32 Å². The molecule has 0 fully saturated rings. The molecule has 6 heteroatoms.